The zero-order chi connectivity index (χ0) is 22.6. The summed E-state index contributed by atoms with van der Waals surface area (Å²) in [7, 11) is 0. The fraction of sp³-hybridized carbons (Fsp3) is 0.400. The molecule has 3 rings (SSSR count). The molecule has 1 aliphatic rings. The molecule has 0 radical (unpaired) electrons. The van der Waals surface area contributed by atoms with Crippen molar-refractivity contribution in [2.24, 2.45) is 0 Å². The zero-order valence-corrected chi connectivity index (χ0v) is 17.4. The molecule has 1 atom stereocenters. The highest BCUT2D eigenvalue weighted by molar-refractivity contribution is 6.33. The number of carbonyl (C=O) groups excluding carboxylic acids is 2. The fourth-order valence-corrected chi connectivity index (χ4v) is 3.53. The number of piperidine rings is 1. The van der Waals surface area contributed by atoms with Crippen LogP contribution in [0.4, 0.5) is 24.8 Å². The average molecular weight is 456 g/mol. The SMILES string of the molecule is CCC(=O)Nc1cc(C(=O)N[C@@H]2CCCN(c3ncc(C(F)(F)F)cc3Cl)C2)ccn1. The Bertz CT molecular complexity index is 970. The second-order valence-corrected chi connectivity index (χ2v) is 7.52. The van der Waals surface area contributed by atoms with E-state index in [4.69, 9.17) is 11.6 Å². The first-order valence-corrected chi connectivity index (χ1v) is 10.1. The molecule has 1 fully saturated rings. The smallest absolute Gasteiger partial charge is 0.353 e. The van der Waals surface area contributed by atoms with Gasteiger partial charge in [-0.1, -0.05) is 18.5 Å². The molecular weight excluding hydrogens is 435 g/mol. The number of pyridine rings is 2. The quantitative estimate of drug-likeness (QED) is 0.714. The van der Waals surface area contributed by atoms with Crippen LogP contribution >= 0.6 is 11.6 Å². The van der Waals surface area contributed by atoms with Crippen molar-refractivity contribution < 1.29 is 22.8 Å². The molecule has 1 aliphatic heterocycles. The van der Waals surface area contributed by atoms with Crippen LogP contribution < -0.4 is 15.5 Å². The van der Waals surface area contributed by atoms with Gasteiger partial charge in [-0.3, -0.25) is 9.59 Å². The van der Waals surface area contributed by atoms with Crippen molar-refractivity contribution >= 4 is 35.1 Å². The van der Waals surface area contributed by atoms with Gasteiger partial charge < -0.3 is 15.5 Å². The number of nitrogens with one attached hydrogen (secondary N) is 2. The first-order chi connectivity index (χ1) is 14.7. The largest absolute Gasteiger partial charge is 0.417 e. The zero-order valence-electron chi connectivity index (χ0n) is 16.7. The molecule has 2 aromatic rings. The van der Waals surface area contributed by atoms with E-state index in [2.05, 4.69) is 20.6 Å². The number of hydrogen-bond donors (Lipinski definition) is 2. The summed E-state index contributed by atoms with van der Waals surface area (Å²) in [4.78, 5) is 33.8. The Morgan fingerprint density at radius 3 is 2.74 bits per heavy atom. The number of nitrogens with zero attached hydrogens (tertiary/aromatic N) is 3. The van der Waals surface area contributed by atoms with Crippen LogP contribution in [0.3, 0.4) is 0 Å². The average Bonchev–Trinajstić information content (AvgIpc) is 2.73. The van der Waals surface area contributed by atoms with Crippen molar-refractivity contribution in [3.05, 3.63) is 46.7 Å². The van der Waals surface area contributed by atoms with Gasteiger partial charge in [-0.15, -0.1) is 0 Å². The van der Waals surface area contributed by atoms with E-state index in [1.807, 2.05) is 0 Å². The van der Waals surface area contributed by atoms with Crippen LogP contribution in [-0.4, -0.2) is 40.9 Å². The minimum Gasteiger partial charge on any atom is -0.353 e. The van der Waals surface area contributed by atoms with E-state index in [9.17, 15) is 22.8 Å². The van der Waals surface area contributed by atoms with Gasteiger partial charge in [0.15, 0.2) is 0 Å². The van der Waals surface area contributed by atoms with Crippen LogP contribution in [0.1, 0.15) is 42.1 Å². The van der Waals surface area contributed by atoms with Gasteiger partial charge in [-0.2, -0.15) is 13.2 Å². The van der Waals surface area contributed by atoms with Gasteiger partial charge >= 0.3 is 6.18 Å². The number of hydrogen-bond acceptors (Lipinski definition) is 5. The van der Waals surface area contributed by atoms with E-state index >= 15 is 0 Å². The van der Waals surface area contributed by atoms with Crippen LogP contribution in [0.5, 0.6) is 0 Å². The summed E-state index contributed by atoms with van der Waals surface area (Å²) < 4.78 is 38.5. The van der Waals surface area contributed by atoms with Crippen molar-refractivity contribution in [2.45, 2.75) is 38.4 Å². The Labute approximate surface area is 182 Å². The third-order valence-corrected chi connectivity index (χ3v) is 5.09. The molecule has 2 amide bonds. The van der Waals surface area contributed by atoms with Gasteiger partial charge in [0.25, 0.3) is 5.91 Å². The number of halogens is 4. The van der Waals surface area contributed by atoms with Gasteiger partial charge in [-0.25, -0.2) is 9.97 Å². The molecule has 2 aromatic heterocycles. The summed E-state index contributed by atoms with van der Waals surface area (Å²) in [5.41, 5.74) is -0.573. The Morgan fingerprint density at radius 2 is 2.06 bits per heavy atom. The Balaban J connectivity index is 1.67. The van der Waals surface area contributed by atoms with E-state index in [1.165, 1.54) is 18.3 Å². The minimum atomic E-state index is -4.52. The maximum Gasteiger partial charge on any atom is 0.417 e. The molecule has 31 heavy (non-hydrogen) atoms. The molecule has 0 spiro atoms. The van der Waals surface area contributed by atoms with Crippen LogP contribution in [0.15, 0.2) is 30.6 Å². The van der Waals surface area contributed by atoms with E-state index in [0.717, 1.165) is 12.3 Å². The number of anilines is 2. The number of alkyl halides is 3. The normalized spacial score (nSPS) is 16.7. The predicted molar refractivity (Wildman–Crippen MR) is 110 cm³/mol. The lowest BCUT2D eigenvalue weighted by Crippen LogP contribution is -2.48. The maximum atomic E-state index is 12.8. The van der Waals surface area contributed by atoms with Crippen molar-refractivity contribution in [3.63, 3.8) is 0 Å². The number of amides is 2. The van der Waals surface area contributed by atoms with E-state index in [-0.39, 0.29) is 40.9 Å². The third-order valence-electron chi connectivity index (χ3n) is 4.82. The van der Waals surface area contributed by atoms with Gasteiger partial charge in [0.1, 0.15) is 11.6 Å². The van der Waals surface area contributed by atoms with Gasteiger partial charge in [0.05, 0.1) is 10.6 Å². The van der Waals surface area contributed by atoms with Crippen LogP contribution in [0.25, 0.3) is 0 Å². The molecule has 2 N–H and O–H groups in total. The van der Waals surface area contributed by atoms with Gasteiger partial charge in [0, 0.05) is 43.5 Å². The first kappa shape index (κ1) is 22.8. The monoisotopic (exact) mass is 455 g/mol. The Morgan fingerprint density at radius 1 is 1.29 bits per heavy atom. The second kappa shape index (κ2) is 9.51. The number of carbonyl (C=O) groups is 2. The molecule has 0 bridgehead atoms. The van der Waals surface area contributed by atoms with E-state index in [0.29, 0.717) is 31.5 Å². The highest BCUT2D eigenvalue weighted by Gasteiger charge is 2.32. The van der Waals surface area contributed by atoms with E-state index in [1.54, 1.807) is 11.8 Å². The molecule has 7 nitrogen and oxygen atoms in total. The van der Waals surface area contributed by atoms with Crippen molar-refractivity contribution in [1.82, 2.24) is 15.3 Å². The molecular formula is C20H21ClF3N5O2. The first-order valence-electron chi connectivity index (χ1n) is 9.72. The van der Waals surface area contributed by atoms with Crippen LogP contribution in [-0.2, 0) is 11.0 Å². The molecule has 3 heterocycles. The molecule has 11 heteroatoms. The van der Waals surface area contributed by atoms with E-state index < -0.39 is 11.7 Å². The van der Waals surface area contributed by atoms with Crippen LogP contribution in [0.2, 0.25) is 5.02 Å². The number of aromatic nitrogens is 2. The Kier molecular flexibility index (Phi) is 6.99. The molecule has 0 unspecified atom stereocenters. The summed E-state index contributed by atoms with van der Waals surface area (Å²) in [6.07, 6.45) is -0.640. The summed E-state index contributed by atoms with van der Waals surface area (Å²) >= 11 is 6.06. The molecule has 0 aromatic carbocycles. The standard InChI is InChI=1S/C20H21ClF3N5O2/c1-2-17(30)28-16-8-12(5-6-25-16)19(31)27-14-4-3-7-29(11-14)18-15(21)9-13(10-26-18)20(22,23)24/h5-6,8-10,14H,2-4,7,11H2,1H3,(H,27,31)(H,25,28,30)/t14-/m1/s1. The van der Waals surface area contributed by atoms with Gasteiger partial charge in [-0.05, 0) is 31.0 Å². The lowest BCUT2D eigenvalue weighted by atomic mass is 10.0. The maximum absolute atomic E-state index is 12.8. The third kappa shape index (κ3) is 5.84. The van der Waals surface area contributed by atoms with Crippen molar-refractivity contribution in [1.29, 1.82) is 0 Å². The van der Waals surface area contributed by atoms with Crippen molar-refractivity contribution in [2.75, 3.05) is 23.3 Å². The summed E-state index contributed by atoms with van der Waals surface area (Å²) in [6.45, 7) is 2.62. The van der Waals surface area contributed by atoms with Crippen LogP contribution in [0, 0.1) is 0 Å². The molecule has 0 saturated carbocycles. The summed E-state index contributed by atoms with van der Waals surface area (Å²) in [5.74, 6) is -0.0192. The summed E-state index contributed by atoms with van der Waals surface area (Å²) in [5, 5.41) is 5.42. The molecule has 0 aliphatic carbocycles. The lowest BCUT2D eigenvalue weighted by molar-refractivity contribution is -0.137. The lowest BCUT2D eigenvalue weighted by Gasteiger charge is -2.34. The Hall–Kier alpha value is -2.88. The molecule has 166 valence electrons. The second-order valence-electron chi connectivity index (χ2n) is 7.12. The topological polar surface area (TPSA) is 87.2 Å². The molecule has 1 saturated heterocycles. The van der Waals surface area contributed by atoms with Crippen molar-refractivity contribution in [3.8, 4) is 0 Å². The minimum absolute atomic E-state index is 0.0905. The number of rotatable bonds is 5. The van der Waals surface area contributed by atoms with Gasteiger partial charge in [0.2, 0.25) is 5.91 Å². The fourth-order valence-electron chi connectivity index (χ4n) is 3.25. The summed E-state index contributed by atoms with van der Waals surface area (Å²) in [6, 6.07) is 3.63. The highest BCUT2D eigenvalue weighted by atomic mass is 35.5. The highest BCUT2D eigenvalue weighted by Crippen LogP contribution is 2.34. The predicted octanol–water partition coefficient (Wildman–Crippen LogP) is 3.90.